The molecule has 0 unspecified atom stereocenters. The molecule has 0 saturated carbocycles. The molecule has 8 nitrogen and oxygen atoms in total. The Labute approximate surface area is 173 Å². The molecule has 4 rings (SSSR count). The maximum Gasteiger partial charge on any atom is 0.328 e. The van der Waals surface area contributed by atoms with Gasteiger partial charge in [0.1, 0.15) is 0 Å². The van der Waals surface area contributed by atoms with Gasteiger partial charge in [0.25, 0.3) is 11.5 Å². The van der Waals surface area contributed by atoms with Crippen LogP contribution in [-0.4, -0.2) is 53.6 Å². The number of nitrogens with zero attached hydrogens (tertiary/aromatic N) is 3. The Hall–Kier alpha value is -3.39. The van der Waals surface area contributed by atoms with Crippen LogP contribution in [0.4, 0.5) is 11.4 Å². The average Bonchev–Trinajstić information content (AvgIpc) is 2.75. The van der Waals surface area contributed by atoms with E-state index in [2.05, 4.69) is 27.1 Å². The van der Waals surface area contributed by atoms with Gasteiger partial charge in [-0.15, -0.1) is 0 Å². The lowest BCUT2D eigenvalue weighted by molar-refractivity contribution is 0.102. The summed E-state index contributed by atoms with van der Waals surface area (Å²) >= 11 is 0. The number of rotatable bonds is 4. The van der Waals surface area contributed by atoms with Crippen molar-refractivity contribution in [3.05, 3.63) is 68.9 Å². The lowest BCUT2D eigenvalue weighted by Gasteiger charge is -2.34. The summed E-state index contributed by atoms with van der Waals surface area (Å²) in [5.74, 6) is -0.301. The van der Waals surface area contributed by atoms with E-state index in [9.17, 15) is 14.4 Å². The Bertz CT molecular complexity index is 1190. The van der Waals surface area contributed by atoms with Gasteiger partial charge in [0.2, 0.25) is 0 Å². The van der Waals surface area contributed by atoms with Crippen LogP contribution in [0.15, 0.2) is 52.1 Å². The number of fused-ring (bicyclic) bond motifs is 1. The number of aromatic amines is 1. The quantitative estimate of drug-likeness (QED) is 0.687. The molecule has 1 amide bonds. The first-order valence-electron chi connectivity index (χ1n) is 10.1. The van der Waals surface area contributed by atoms with Crippen LogP contribution in [0, 0.1) is 0 Å². The van der Waals surface area contributed by atoms with Crippen molar-refractivity contribution >= 4 is 28.2 Å². The number of nitrogens with one attached hydrogen (secondary N) is 2. The van der Waals surface area contributed by atoms with Crippen molar-refractivity contribution in [1.82, 2.24) is 14.5 Å². The van der Waals surface area contributed by atoms with E-state index in [4.69, 9.17) is 0 Å². The summed E-state index contributed by atoms with van der Waals surface area (Å²) in [6.45, 7) is 6.06. The Balaban J connectivity index is 1.51. The highest BCUT2D eigenvalue weighted by Gasteiger charge is 2.15. The maximum atomic E-state index is 12.7. The number of H-pyrrole nitrogens is 1. The van der Waals surface area contributed by atoms with Crippen LogP contribution in [0.1, 0.15) is 17.3 Å². The van der Waals surface area contributed by atoms with Crippen LogP contribution in [0.25, 0.3) is 10.9 Å². The van der Waals surface area contributed by atoms with Crippen molar-refractivity contribution in [2.75, 3.05) is 43.4 Å². The van der Waals surface area contributed by atoms with E-state index in [0.717, 1.165) is 36.4 Å². The zero-order chi connectivity index (χ0) is 21.3. The molecule has 1 saturated heterocycles. The van der Waals surface area contributed by atoms with Gasteiger partial charge in [0.15, 0.2) is 0 Å². The monoisotopic (exact) mass is 407 g/mol. The third-order valence-electron chi connectivity index (χ3n) is 5.55. The van der Waals surface area contributed by atoms with Crippen LogP contribution in [-0.2, 0) is 6.54 Å². The fraction of sp³-hybridized carbons (Fsp3) is 0.318. The summed E-state index contributed by atoms with van der Waals surface area (Å²) in [5, 5.41) is 3.25. The van der Waals surface area contributed by atoms with E-state index in [0.29, 0.717) is 22.2 Å². The van der Waals surface area contributed by atoms with E-state index in [1.807, 2.05) is 24.3 Å². The molecule has 1 aliphatic rings. The first-order chi connectivity index (χ1) is 14.5. The largest absolute Gasteiger partial charge is 0.369 e. The van der Waals surface area contributed by atoms with Crippen LogP contribution in [0.2, 0.25) is 0 Å². The van der Waals surface area contributed by atoms with Crippen molar-refractivity contribution in [2.24, 2.45) is 0 Å². The van der Waals surface area contributed by atoms with E-state index in [-0.39, 0.29) is 18.0 Å². The van der Waals surface area contributed by atoms with Crippen molar-refractivity contribution in [3.8, 4) is 0 Å². The Morgan fingerprint density at radius 1 is 1.03 bits per heavy atom. The van der Waals surface area contributed by atoms with Gasteiger partial charge in [-0.25, -0.2) is 4.79 Å². The minimum atomic E-state index is -0.480. The summed E-state index contributed by atoms with van der Waals surface area (Å²) in [6, 6.07) is 12.5. The molecule has 1 aliphatic heterocycles. The minimum Gasteiger partial charge on any atom is -0.369 e. The van der Waals surface area contributed by atoms with E-state index >= 15 is 0 Å². The number of aromatic nitrogens is 2. The fourth-order valence-corrected chi connectivity index (χ4v) is 3.71. The standard InChI is InChI=1S/C22H25N5O3/c1-3-27-21(29)18-9-4-15(14-19(18)24-22(27)30)20(28)23-16-5-7-17(8-6-16)26-12-10-25(2)11-13-26/h4-9,14H,3,10-13H2,1-2H3,(H,23,28)(H,24,30). The second-order valence-corrected chi connectivity index (χ2v) is 7.53. The topological polar surface area (TPSA) is 90.4 Å². The molecular formula is C22H25N5O3. The molecule has 1 fully saturated rings. The first-order valence-corrected chi connectivity index (χ1v) is 10.1. The maximum absolute atomic E-state index is 12.7. The number of amides is 1. The molecule has 1 aromatic heterocycles. The molecule has 2 N–H and O–H groups in total. The second-order valence-electron chi connectivity index (χ2n) is 7.53. The van der Waals surface area contributed by atoms with Crippen molar-refractivity contribution in [2.45, 2.75) is 13.5 Å². The van der Waals surface area contributed by atoms with Crippen LogP contribution in [0.5, 0.6) is 0 Å². The highest BCUT2D eigenvalue weighted by molar-refractivity contribution is 6.06. The first kappa shape index (κ1) is 19.9. The van der Waals surface area contributed by atoms with Gasteiger partial charge >= 0.3 is 5.69 Å². The summed E-state index contributed by atoms with van der Waals surface area (Å²) in [7, 11) is 2.12. The molecule has 0 bridgehead atoms. The number of anilines is 2. The molecule has 156 valence electrons. The van der Waals surface area contributed by atoms with Crippen molar-refractivity contribution in [3.63, 3.8) is 0 Å². The Kier molecular flexibility index (Phi) is 5.41. The van der Waals surface area contributed by atoms with Gasteiger partial charge in [0, 0.05) is 49.7 Å². The minimum absolute atomic E-state index is 0.288. The van der Waals surface area contributed by atoms with Gasteiger partial charge in [-0.1, -0.05) is 0 Å². The Morgan fingerprint density at radius 3 is 2.40 bits per heavy atom. The highest BCUT2D eigenvalue weighted by Crippen LogP contribution is 2.20. The third-order valence-corrected chi connectivity index (χ3v) is 5.55. The van der Waals surface area contributed by atoms with Gasteiger partial charge in [-0.3, -0.25) is 14.2 Å². The van der Waals surface area contributed by atoms with Crippen molar-refractivity contribution < 1.29 is 4.79 Å². The molecule has 2 heterocycles. The summed E-state index contributed by atoms with van der Waals surface area (Å²) in [4.78, 5) is 44.4. The predicted octanol–water partition coefficient (Wildman–Crippen LogP) is 1.71. The lowest BCUT2D eigenvalue weighted by atomic mass is 10.1. The zero-order valence-corrected chi connectivity index (χ0v) is 17.1. The molecule has 8 heteroatoms. The van der Waals surface area contributed by atoms with Crippen LogP contribution < -0.4 is 21.5 Å². The van der Waals surface area contributed by atoms with Crippen LogP contribution in [0.3, 0.4) is 0 Å². The van der Waals surface area contributed by atoms with E-state index in [1.54, 1.807) is 19.1 Å². The molecule has 0 aliphatic carbocycles. The number of benzene rings is 2. The summed E-state index contributed by atoms with van der Waals surface area (Å²) < 4.78 is 1.13. The lowest BCUT2D eigenvalue weighted by Crippen LogP contribution is -2.44. The summed E-state index contributed by atoms with van der Waals surface area (Å²) in [5.41, 5.74) is 1.71. The number of likely N-dealkylation sites (N-methyl/N-ethyl adjacent to an activating group) is 1. The molecule has 0 atom stereocenters. The number of carbonyl (C=O) groups excluding carboxylic acids is 1. The van der Waals surface area contributed by atoms with Crippen molar-refractivity contribution in [1.29, 1.82) is 0 Å². The molecule has 0 spiro atoms. The number of piperazine rings is 1. The SMILES string of the molecule is CCn1c(=O)[nH]c2cc(C(=O)Nc3ccc(N4CCN(C)CC4)cc3)ccc2c1=O. The normalized spacial score (nSPS) is 14.8. The predicted molar refractivity (Wildman–Crippen MR) is 119 cm³/mol. The number of hydrogen-bond acceptors (Lipinski definition) is 5. The zero-order valence-electron chi connectivity index (χ0n) is 17.1. The average molecular weight is 407 g/mol. The second kappa shape index (κ2) is 8.16. The molecular weight excluding hydrogens is 382 g/mol. The number of hydrogen-bond donors (Lipinski definition) is 2. The fourth-order valence-electron chi connectivity index (χ4n) is 3.71. The number of carbonyl (C=O) groups is 1. The summed E-state index contributed by atoms with van der Waals surface area (Å²) in [6.07, 6.45) is 0. The smallest absolute Gasteiger partial charge is 0.328 e. The molecule has 30 heavy (non-hydrogen) atoms. The molecule has 0 radical (unpaired) electrons. The molecule has 2 aromatic carbocycles. The van der Waals surface area contributed by atoms with Gasteiger partial charge in [-0.2, -0.15) is 0 Å². The third kappa shape index (κ3) is 3.86. The van der Waals surface area contributed by atoms with E-state index < -0.39 is 5.69 Å². The van der Waals surface area contributed by atoms with E-state index in [1.165, 1.54) is 6.07 Å². The van der Waals surface area contributed by atoms with Crippen LogP contribution >= 0.6 is 0 Å². The Morgan fingerprint density at radius 2 is 1.73 bits per heavy atom. The van der Waals surface area contributed by atoms with Gasteiger partial charge in [-0.05, 0) is 56.4 Å². The van der Waals surface area contributed by atoms with Gasteiger partial charge in [0.05, 0.1) is 10.9 Å². The van der Waals surface area contributed by atoms with Gasteiger partial charge < -0.3 is 20.1 Å². The molecule has 3 aromatic rings. The highest BCUT2D eigenvalue weighted by atomic mass is 16.2.